The topological polar surface area (TPSA) is 17.1 Å². The highest BCUT2D eigenvalue weighted by Gasteiger charge is 2.18. The molecule has 0 saturated carbocycles. The van der Waals surface area contributed by atoms with Gasteiger partial charge in [-0.15, -0.1) is 0 Å². The fraction of sp³-hybridized carbons (Fsp3) is 0.583. The van der Waals surface area contributed by atoms with Crippen LogP contribution >= 0.6 is 11.6 Å². The summed E-state index contributed by atoms with van der Waals surface area (Å²) in [5.41, 5.74) is 1.29. The molecule has 0 aromatic rings. The summed E-state index contributed by atoms with van der Waals surface area (Å²) in [6, 6.07) is 0. The number of allylic oxidation sites excluding steroid dienone is 4. The largest absolute Gasteiger partial charge is 0.295 e. The fourth-order valence-electron chi connectivity index (χ4n) is 1.86. The van der Waals surface area contributed by atoms with Crippen LogP contribution < -0.4 is 0 Å². The second-order valence-electron chi connectivity index (χ2n) is 3.80. The summed E-state index contributed by atoms with van der Waals surface area (Å²) in [6.07, 6.45) is 7.51. The van der Waals surface area contributed by atoms with E-state index in [0.29, 0.717) is 12.3 Å². The molecule has 1 rings (SSSR count). The molecule has 1 nitrogen and oxygen atoms in total. The fourth-order valence-corrected chi connectivity index (χ4v) is 1.95. The van der Waals surface area contributed by atoms with Crippen molar-refractivity contribution in [1.29, 1.82) is 0 Å². The van der Waals surface area contributed by atoms with E-state index in [1.165, 1.54) is 5.57 Å². The normalized spacial score (nSPS) is 23.6. The number of ketones is 1. The van der Waals surface area contributed by atoms with Gasteiger partial charge < -0.3 is 0 Å². The lowest BCUT2D eigenvalue weighted by Gasteiger charge is -2.21. The number of carbonyl (C=O) groups excluding carboxylic acids is 1. The Morgan fingerprint density at radius 1 is 1.71 bits per heavy atom. The molecule has 1 atom stereocenters. The zero-order chi connectivity index (χ0) is 10.6. The van der Waals surface area contributed by atoms with Crippen molar-refractivity contribution in [3.63, 3.8) is 0 Å². The molecule has 0 fully saturated rings. The molecular formula is C12H17ClO. The van der Waals surface area contributed by atoms with Crippen molar-refractivity contribution in [3.8, 4) is 0 Å². The minimum atomic E-state index is 0.282. The molecule has 0 aliphatic heterocycles. The van der Waals surface area contributed by atoms with Gasteiger partial charge in [0.25, 0.3) is 0 Å². The quantitative estimate of drug-likeness (QED) is 0.695. The van der Waals surface area contributed by atoms with Gasteiger partial charge >= 0.3 is 0 Å². The highest BCUT2D eigenvalue weighted by molar-refractivity contribution is 6.29. The molecule has 0 amide bonds. The summed E-state index contributed by atoms with van der Waals surface area (Å²) in [5, 5.41) is 0.845. The molecule has 0 spiro atoms. The number of halogens is 1. The maximum Gasteiger partial charge on any atom is 0.155 e. The lowest BCUT2D eigenvalue weighted by atomic mass is 9.83. The van der Waals surface area contributed by atoms with Gasteiger partial charge in [0.15, 0.2) is 5.78 Å². The predicted molar refractivity (Wildman–Crippen MR) is 60.3 cm³/mol. The van der Waals surface area contributed by atoms with E-state index in [9.17, 15) is 4.79 Å². The highest BCUT2D eigenvalue weighted by atomic mass is 35.5. The van der Waals surface area contributed by atoms with E-state index in [-0.39, 0.29) is 5.78 Å². The number of hydrogen-bond acceptors (Lipinski definition) is 1. The molecule has 14 heavy (non-hydrogen) atoms. The zero-order valence-corrected chi connectivity index (χ0v) is 9.60. The molecule has 0 heterocycles. The molecule has 0 saturated heterocycles. The Labute approximate surface area is 90.8 Å². The van der Waals surface area contributed by atoms with E-state index >= 15 is 0 Å². The Bertz CT molecular complexity index is 272. The number of rotatable bonds is 3. The third kappa shape index (κ3) is 3.30. The van der Waals surface area contributed by atoms with Crippen LogP contribution in [0, 0.1) is 5.92 Å². The zero-order valence-electron chi connectivity index (χ0n) is 8.85. The number of carbonyl (C=O) groups is 1. The van der Waals surface area contributed by atoms with Crippen LogP contribution in [0.3, 0.4) is 0 Å². The Hall–Kier alpha value is -0.560. The van der Waals surface area contributed by atoms with Crippen molar-refractivity contribution >= 4 is 17.4 Å². The van der Waals surface area contributed by atoms with Crippen LogP contribution in [0.1, 0.15) is 39.5 Å². The van der Waals surface area contributed by atoms with Crippen molar-refractivity contribution in [2.45, 2.75) is 39.5 Å². The van der Waals surface area contributed by atoms with Crippen LogP contribution in [-0.4, -0.2) is 5.78 Å². The first-order valence-corrected chi connectivity index (χ1v) is 5.56. The van der Waals surface area contributed by atoms with E-state index in [1.807, 2.05) is 19.1 Å². The van der Waals surface area contributed by atoms with Crippen molar-refractivity contribution in [2.75, 3.05) is 0 Å². The van der Waals surface area contributed by atoms with E-state index in [2.05, 4.69) is 6.92 Å². The molecule has 2 heteroatoms. The number of hydrogen-bond donors (Lipinski definition) is 0. The molecule has 0 bridgehead atoms. The van der Waals surface area contributed by atoms with Gasteiger partial charge in [-0.05, 0) is 38.2 Å². The molecule has 0 aromatic heterocycles. The first-order chi connectivity index (χ1) is 6.63. The Morgan fingerprint density at radius 3 is 3.00 bits per heavy atom. The summed E-state index contributed by atoms with van der Waals surface area (Å²) >= 11 is 5.79. The van der Waals surface area contributed by atoms with Gasteiger partial charge in [-0.3, -0.25) is 4.79 Å². The van der Waals surface area contributed by atoms with Crippen LogP contribution in [0.4, 0.5) is 0 Å². The second-order valence-corrected chi connectivity index (χ2v) is 4.40. The highest BCUT2D eigenvalue weighted by Crippen LogP contribution is 2.29. The first kappa shape index (κ1) is 11.5. The van der Waals surface area contributed by atoms with Gasteiger partial charge in [-0.2, -0.15) is 0 Å². The maximum atomic E-state index is 11.2. The second kappa shape index (κ2) is 5.35. The molecule has 0 radical (unpaired) electrons. The molecule has 0 aromatic carbocycles. The van der Waals surface area contributed by atoms with Crippen LogP contribution in [0.2, 0.25) is 0 Å². The Balaban J connectivity index is 2.65. The van der Waals surface area contributed by atoms with E-state index in [0.717, 1.165) is 24.3 Å². The molecule has 1 aliphatic rings. The standard InChI is InChI=1S/C12H17ClO/c1-3-10-8-12(14)7-6-11(10)5-4-9(2)13/h4,8,11H,3,5-7H2,1-2H3/b9-4-. The van der Waals surface area contributed by atoms with Crippen molar-refractivity contribution < 1.29 is 4.79 Å². The minimum Gasteiger partial charge on any atom is -0.295 e. The van der Waals surface area contributed by atoms with Gasteiger partial charge in [-0.1, -0.05) is 30.2 Å². The predicted octanol–water partition coefficient (Wildman–Crippen LogP) is 3.83. The molecular weight excluding hydrogens is 196 g/mol. The smallest absolute Gasteiger partial charge is 0.155 e. The Kier molecular flexibility index (Phi) is 4.40. The maximum absolute atomic E-state index is 11.2. The van der Waals surface area contributed by atoms with E-state index < -0.39 is 0 Å². The average Bonchev–Trinajstić information content (AvgIpc) is 2.15. The monoisotopic (exact) mass is 212 g/mol. The molecule has 1 aliphatic carbocycles. The van der Waals surface area contributed by atoms with Gasteiger partial charge in [0.2, 0.25) is 0 Å². The summed E-state index contributed by atoms with van der Waals surface area (Å²) < 4.78 is 0. The molecule has 78 valence electrons. The molecule has 0 N–H and O–H groups in total. The summed E-state index contributed by atoms with van der Waals surface area (Å²) in [4.78, 5) is 11.2. The Morgan fingerprint density at radius 2 is 2.43 bits per heavy atom. The summed E-state index contributed by atoms with van der Waals surface area (Å²) in [5.74, 6) is 0.816. The van der Waals surface area contributed by atoms with Crippen LogP contribution in [0.25, 0.3) is 0 Å². The van der Waals surface area contributed by atoms with Gasteiger partial charge in [0.05, 0.1) is 0 Å². The van der Waals surface area contributed by atoms with Crippen LogP contribution in [-0.2, 0) is 4.79 Å². The van der Waals surface area contributed by atoms with E-state index in [4.69, 9.17) is 11.6 Å². The third-order valence-corrected chi connectivity index (χ3v) is 2.86. The van der Waals surface area contributed by atoms with Gasteiger partial charge in [0, 0.05) is 11.5 Å². The van der Waals surface area contributed by atoms with Crippen LogP contribution in [0.15, 0.2) is 22.8 Å². The molecule has 1 unspecified atom stereocenters. The lowest BCUT2D eigenvalue weighted by molar-refractivity contribution is -0.115. The van der Waals surface area contributed by atoms with Crippen molar-refractivity contribution in [1.82, 2.24) is 0 Å². The van der Waals surface area contributed by atoms with Crippen LogP contribution in [0.5, 0.6) is 0 Å². The van der Waals surface area contributed by atoms with Gasteiger partial charge in [-0.25, -0.2) is 0 Å². The third-order valence-electron chi connectivity index (χ3n) is 2.70. The van der Waals surface area contributed by atoms with E-state index in [1.54, 1.807) is 0 Å². The lowest BCUT2D eigenvalue weighted by Crippen LogP contribution is -2.13. The van der Waals surface area contributed by atoms with Gasteiger partial charge in [0.1, 0.15) is 0 Å². The first-order valence-electron chi connectivity index (χ1n) is 5.19. The van der Waals surface area contributed by atoms with Crippen molar-refractivity contribution in [3.05, 3.63) is 22.8 Å². The minimum absolute atomic E-state index is 0.282. The summed E-state index contributed by atoms with van der Waals surface area (Å²) in [6.45, 7) is 4.00. The van der Waals surface area contributed by atoms with Crippen molar-refractivity contribution in [2.24, 2.45) is 5.92 Å². The average molecular weight is 213 g/mol. The SMILES string of the molecule is CCC1=CC(=O)CCC1C/C=C(/C)Cl. The summed E-state index contributed by atoms with van der Waals surface area (Å²) in [7, 11) is 0.